The minimum Gasteiger partial charge on any atom is -0.493 e. The van der Waals surface area contributed by atoms with E-state index < -0.39 is 0 Å². The monoisotopic (exact) mass is 384 g/mol. The van der Waals surface area contributed by atoms with Crippen molar-refractivity contribution in [3.63, 3.8) is 0 Å². The van der Waals surface area contributed by atoms with Gasteiger partial charge in [-0.2, -0.15) is 0 Å². The summed E-state index contributed by atoms with van der Waals surface area (Å²) in [4.78, 5) is 25.6. The molecule has 6 heteroatoms. The van der Waals surface area contributed by atoms with E-state index in [4.69, 9.17) is 4.74 Å². The normalized spacial score (nSPS) is 15.6. The van der Waals surface area contributed by atoms with Gasteiger partial charge in [0, 0.05) is 22.9 Å². The van der Waals surface area contributed by atoms with Gasteiger partial charge in [0.05, 0.1) is 24.0 Å². The lowest BCUT2D eigenvalue weighted by molar-refractivity contribution is -0.119. The van der Waals surface area contributed by atoms with E-state index in [-0.39, 0.29) is 29.7 Å². The maximum Gasteiger partial charge on any atom is 0.252 e. The fourth-order valence-electron chi connectivity index (χ4n) is 3.02. The van der Waals surface area contributed by atoms with Crippen molar-refractivity contribution in [2.24, 2.45) is 0 Å². The standard InChI is InChI=1S/C21H24N2O3S/c1-14(2)22-20(24)13-27-19-10-6-4-8-16(19)21(25)23-17-11-12-26-18-9-5-3-7-15(17)18/h3-10,14,17H,11-13H2,1-2H3,(H,22,24)(H,23,25)/t17-/m0/s1. The quantitative estimate of drug-likeness (QED) is 0.748. The lowest BCUT2D eigenvalue weighted by Crippen LogP contribution is -2.33. The van der Waals surface area contributed by atoms with E-state index in [0.29, 0.717) is 12.2 Å². The second kappa shape index (κ2) is 8.95. The maximum atomic E-state index is 12.9. The van der Waals surface area contributed by atoms with Crippen molar-refractivity contribution in [3.05, 3.63) is 59.7 Å². The molecule has 0 radical (unpaired) electrons. The molecule has 0 aromatic heterocycles. The molecule has 0 spiro atoms. The van der Waals surface area contributed by atoms with Crippen LogP contribution in [0, 0.1) is 0 Å². The molecule has 142 valence electrons. The number of fused-ring (bicyclic) bond motifs is 1. The van der Waals surface area contributed by atoms with E-state index in [0.717, 1.165) is 22.6 Å². The number of ether oxygens (including phenoxy) is 1. The van der Waals surface area contributed by atoms with Crippen LogP contribution in [-0.4, -0.2) is 30.2 Å². The van der Waals surface area contributed by atoms with Crippen LogP contribution in [-0.2, 0) is 4.79 Å². The summed E-state index contributed by atoms with van der Waals surface area (Å²) in [7, 11) is 0. The van der Waals surface area contributed by atoms with Gasteiger partial charge in [-0.25, -0.2) is 0 Å². The minimum atomic E-state index is -0.135. The Balaban J connectivity index is 1.70. The van der Waals surface area contributed by atoms with E-state index in [1.54, 1.807) is 6.07 Å². The second-order valence-corrected chi connectivity index (χ2v) is 7.73. The number of para-hydroxylation sites is 1. The fourth-order valence-corrected chi connectivity index (χ4v) is 3.88. The SMILES string of the molecule is CC(C)NC(=O)CSc1ccccc1C(=O)N[C@H]1CCOc2ccccc21. The van der Waals surface area contributed by atoms with E-state index in [2.05, 4.69) is 10.6 Å². The minimum absolute atomic E-state index is 0.0384. The summed E-state index contributed by atoms with van der Waals surface area (Å²) in [6.45, 7) is 4.43. The van der Waals surface area contributed by atoms with Crippen LogP contribution in [0.1, 0.15) is 42.2 Å². The number of carbonyl (C=O) groups is 2. The number of hydrogen-bond donors (Lipinski definition) is 2. The number of nitrogens with one attached hydrogen (secondary N) is 2. The van der Waals surface area contributed by atoms with Crippen molar-refractivity contribution in [3.8, 4) is 5.75 Å². The summed E-state index contributed by atoms with van der Waals surface area (Å²) in [5.41, 5.74) is 1.59. The molecule has 5 nitrogen and oxygen atoms in total. The Bertz CT molecular complexity index is 823. The smallest absolute Gasteiger partial charge is 0.252 e. The Morgan fingerprint density at radius 3 is 2.70 bits per heavy atom. The molecule has 1 heterocycles. The molecule has 27 heavy (non-hydrogen) atoms. The number of carbonyl (C=O) groups excluding carboxylic acids is 2. The van der Waals surface area contributed by atoms with Gasteiger partial charge in [0.25, 0.3) is 5.91 Å². The van der Waals surface area contributed by atoms with Crippen molar-refractivity contribution in [1.29, 1.82) is 0 Å². The first-order chi connectivity index (χ1) is 13.0. The topological polar surface area (TPSA) is 67.4 Å². The van der Waals surface area contributed by atoms with Crippen LogP contribution in [0.4, 0.5) is 0 Å². The highest BCUT2D eigenvalue weighted by Crippen LogP contribution is 2.32. The lowest BCUT2D eigenvalue weighted by Gasteiger charge is -2.26. The van der Waals surface area contributed by atoms with E-state index in [1.807, 2.05) is 56.3 Å². The number of rotatable bonds is 6. The van der Waals surface area contributed by atoms with Gasteiger partial charge in [-0.15, -0.1) is 11.8 Å². The van der Waals surface area contributed by atoms with Crippen molar-refractivity contribution >= 4 is 23.6 Å². The van der Waals surface area contributed by atoms with Gasteiger partial charge >= 0.3 is 0 Å². The summed E-state index contributed by atoms with van der Waals surface area (Å²) < 4.78 is 5.66. The number of hydrogen-bond acceptors (Lipinski definition) is 4. The summed E-state index contributed by atoms with van der Waals surface area (Å²) in [6.07, 6.45) is 0.731. The third kappa shape index (κ3) is 5.04. The molecule has 1 atom stereocenters. The third-order valence-electron chi connectivity index (χ3n) is 4.20. The van der Waals surface area contributed by atoms with E-state index in [9.17, 15) is 9.59 Å². The molecule has 0 unspecified atom stereocenters. The third-order valence-corrected chi connectivity index (χ3v) is 5.28. The average Bonchev–Trinajstić information content (AvgIpc) is 2.66. The average molecular weight is 385 g/mol. The van der Waals surface area contributed by atoms with Gasteiger partial charge in [-0.3, -0.25) is 9.59 Å². The van der Waals surface area contributed by atoms with Crippen molar-refractivity contribution in [2.75, 3.05) is 12.4 Å². The molecule has 1 aliphatic heterocycles. The number of benzene rings is 2. The first-order valence-electron chi connectivity index (χ1n) is 9.08. The van der Waals surface area contributed by atoms with Crippen LogP contribution < -0.4 is 15.4 Å². The maximum absolute atomic E-state index is 12.9. The van der Waals surface area contributed by atoms with E-state index >= 15 is 0 Å². The van der Waals surface area contributed by atoms with Gasteiger partial charge < -0.3 is 15.4 Å². The van der Waals surface area contributed by atoms with Crippen molar-refractivity contribution in [2.45, 2.75) is 37.2 Å². The molecule has 0 aliphatic carbocycles. The molecule has 0 bridgehead atoms. The summed E-state index contributed by atoms with van der Waals surface area (Å²) >= 11 is 1.38. The number of amides is 2. The summed E-state index contributed by atoms with van der Waals surface area (Å²) in [5.74, 6) is 0.928. The lowest BCUT2D eigenvalue weighted by atomic mass is 10.00. The van der Waals surface area contributed by atoms with Crippen LogP contribution >= 0.6 is 11.8 Å². The van der Waals surface area contributed by atoms with Gasteiger partial charge in [-0.05, 0) is 32.0 Å². The second-order valence-electron chi connectivity index (χ2n) is 6.71. The predicted molar refractivity (Wildman–Crippen MR) is 107 cm³/mol. The predicted octanol–water partition coefficient (Wildman–Crippen LogP) is 3.56. The number of thioether (sulfide) groups is 1. The molecular weight excluding hydrogens is 360 g/mol. The Morgan fingerprint density at radius 2 is 1.89 bits per heavy atom. The van der Waals surface area contributed by atoms with Crippen molar-refractivity contribution < 1.29 is 14.3 Å². The molecule has 0 saturated heterocycles. The molecular formula is C21H24N2O3S. The van der Waals surface area contributed by atoms with Gasteiger partial charge in [0.15, 0.2) is 0 Å². The zero-order valence-electron chi connectivity index (χ0n) is 15.5. The first kappa shape index (κ1) is 19.3. The molecule has 0 fully saturated rings. The molecule has 2 aromatic rings. The molecule has 2 aromatic carbocycles. The highest BCUT2D eigenvalue weighted by atomic mass is 32.2. The zero-order chi connectivity index (χ0) is 19.2. The Labute approximate surface area is 163 Å². The van der Waals surface area contributed by atoms with Crippen LogP contribution in [0.3, 0.4) is 0 Å². The zero-order valence-corrected chi connectivity index (χ0v) is 16.3. The largest absolute Gasteiger partial charge is 0.493 e. The molecule has 1 aliphatic rings. The Morgan fingerprint density at radius 1 is 1.15 bits per heavy atom. The highest BCUT2D eigenvalue weighted by Gasteiger charge is 2.24. The highest BCUT2D eigenvalue weighted by molar-refractivity contribution is 8.00. The molecule has 2 amide bonds. The molecule has 3 rings (SSSR count). The Hall–Kier alpha value is -2.47. The first-order valence-corrected chi connectivity index (χ1v) is 10.1. The summed E-state index contributed by atoms with van der Waals surface area (Å²) in [5, 5.41) is 5.98. The van der Waals surface area contributed by atoms with Gasteiger partial charge in [-0.1, -0.05) is 30.3 Å². The summed E-state index contributed by atoms with van der Waals surface area (Å²) in [6, 6.07) is 15.2. The van der Waals surface area contributed by atoms with Crippen LogP contribution in [0.2, 0.25) is 0 Å². The Kier molecular flexibility index (Phi) is 6.40. The molecule has 2 N–H and O–H groups in total. The fraction of sp³-hybridized carbons (Fsp3) is 0.333. The van der Waals surface area contributed by atoms with Crippen LogP contribution in [0.15, 0.2) is 53.4 Å². The van der Waals surface area contributed by atoms with Gasteiger partial charge in [0.2, 0.25) is 5.91 Å². The van der Waals surface area contributed by atoms with Crippen LogP contribution in [0.5, 0.6) is 5.75 Å². The van der Waals surface area contributed by atoms with Crippen LogP contribution in [0.25, 0.3) is 0 Å². The van der Waals surface area contributed by atoms with Crippen molar-refractivity contribution in [1.82, 2.24) is 10.6 Å². The van der Waals surface area contributed by atoms with E-state index in [1.165, 1.54) is 11.8 Å². The van der Waals surface area contributed by atoms with Gasteiger partial charge in [0.1, 0.15) is 5.75 Å². The molecule has 0 saturated carbocycles.